The molecule has 0 bridgehead atoms. The number of alkyl halides is 3. The number of hydrogen-bond donors (Lipinski definition) is 1. The molecule has 0 saturated heterocycles. The first-order chi connectivity index (χ1) is 9.29. The first-order valence-corrected chi connectivity index (χ1v) is 6.38. The maximum Gasteiger partial charge on any atom is 0.416 e. The molecule has 1 unspecified atom stereocenters. The van der Waals surface area contributed by atoms with Gasteiger partial charge in [0, 0.05) is 12.6 Å². The van der Waals surface area contributed by atoms with E-state index in [0.717, 1.165) is 25.0 Å². The fraction of sp³-hybridized carbons (Fsp3) is 0.538. The molecule has 2 rings (SSSR count). The van der Waals surface area contributed by atoms with Crippen molar-refractivity contribution in [2.45, 2.75) is 25.9 Å². The van der Waals surface area contributed by atoms with Crippen molar-refractivity contribution in [2.24, 2.45) is 11.8 Å². The Bertz CT molecular complexity index is 513. The topological polar surface area (TPSA) is 55.2 Å². The zero-order valence-corrected chi connectivity index (χ0v) is 10.9. The molecular formula is C13H15F3N2O2. The van der Waals surface area contributed by atoms with Crippen molar-refractivity contribution in [1.29, 1.82) is 0 Å². The first-order valence-electron chi connectivity index (χ1n) is 6.38. The third kappa shape index (κ3) is 3.40. The molecule has 0 aromatic heterocycles. The highest BCUT2D eigenvalue weighted by Crippen LogP contribution is 2.38. The highest BCUT2D eigenvalue weighted by Gasteiger charge is 2.33. The smallest absolute Gasteiger partial charge is 0.379 e. The van der Waals surface area contributed by atoms with E-state index < -0.39 is 22.4 Å². The summed E-state index contributed by atoms with van der Waals surface area (Å²) in [6, 6.07) is 2.56. The summed E-state index contributed by atoms with van der Waals surface area (Å²) >= 11 is 0. The fourth-order valence-electron chi connectivity index (χ4n) is 2.11. The average molecular weight is 288 g/mol. The normalized spacial score (nSPS) is 16.8. The third-order valence-corrected chi connectivity index (χ3v) is 3.56. The molecule has 1 aromatic carbocycles. The number of halogens is 3. The van der Waals surface area contributed by atoms with Gasteiger partial charge in [-0.2, -0.15) is 13.2 Å². The number of nitrogens with one attached hydrogen (secondary N) is 1. The summed E-state index contributed by atoms with van der Waals surface area (Å²) in [4.78, 5) is 10.1. The molecule has 1 fully saturated rings. The molecule has 1 aromatic rings. The Labute approximate surface area is 114 Å². The van der Waals surface area contributed by atoms with Gasteiger partial charge in [-0.1, -0.05) is 6.92 Å². The van der Waals surface area contributed by atoms with Crippen molar-refractivity contribution >= 4 is 11.4 Å². The minimum absolute atomic E-state index is 0.135. The van der Waals surface area contributed by atoms with Gasteiger partial charge in [0.05, 0.1) is 10.5 Å². The minimum atomic E-state index is -4.58. The van der Waals surface area contributed by atoms with Crippen LogP contribution in [-0.4, -0.2) is 11.5 Å². The molecule has 110 valence electrons. The van der Waals surface area contributed by atoms with Gasteiger partial charge in [-0.15, -0.1) is 0 Å². The Hall–Kier alpha value is -1.79. The van der Waals surface area contributed by atoms with Crippen molar-refractivity contribution in [3.8, 4) is 0 Å². The second-order valence-corrected chi connectivity index (χ2v) is 5.18. The number of benzene rings is 1. The molecule has 4 nitrogen and oxygen atoms in total. The molecule has 0 spiro atoms. The van der Waals surface area contributed by atoms with Gasteiger partial charge in [0.15, 0.2) is 0 Å². The van der Waals surface area contributed by atoms with Crippen molar-refractivity contribution < 1.29 is 18.1 Å². The molecule has 1 aliphatic carbocycles. The maximum absolute atomic E-state index is 12.5. The summed E-state index contributed by atoms with van der Waals surface area (Å²) < 4.78 is 37.6. The van der Waals surface area contributed by atoms with E-state index in [9.17, 15) is 23.3 Å². The van der Waals surface area contributed by atoms with Crippen LogP contribution in [0.3, 0.4) is 0 Å². The van der Waals surface area contributed by atoms with Gasteiger partial charge in [0.1, 0.15) is 5.69 Å². The van der Waals surface area contributed by atoms with Crippen LogP contribution in [-0.2, 0) is 6.18 Å². The Morgan fingerprint density at radius 2 is 2.10 bits per heavy atom. The summed E-state index contributed by atoms with van der Waals surface area (Å²) in [5.41, 5.74) is -1.41. The van der Waals surface area contributed by atoms with E-state index in [2.05, 4.69) is 5.32 Å². The molecule has 0 amide bonds. The van der Waals surface area contributed by atoms with Gasteiger partial charge in [0.25, 0.3) is 5.69 Å². The van der Waals surface area contributed by atoms with Crippen molar-refractivity contribution in [2.75, 3.05) is 11.9 Å². The van der Waals surface area contributed by atoms with E-state index in [1.807, 2.05) is 6.92 Å². The third-order valence-electron chi connectivity index (χ3n) is 3.56. The van der Waals surface area contributed by atoms with Gasteiger partial charge in [0.2, 0.25) is 0 Å². The van der Waals surface area contributed by atoms with Crippen LogP contribution in [0.25, 0.3) is 0 Å². The molecule has 0 aliphatic heterocycles. The van der Waals surface area contributed by atoms with Crippen LogP contribution in [0.2, 0.25) is 0 Å². The molecule has 1 saturated carbocycles. The van der Waals surface area contributed by atoms with Crippen LogP contribution in [0.5, 0.6) is 0 Å². The molecule has 0 heterocycles. The lowest BCUT2D eigenvalue weighted by Crippen LogP contribution is -2.14. The van der Waals surface area contributed by atoms with Gasteiger partial charge >= 0.3 is 6.18 Å². The van der Waals surface area contributed by atoms with Gasteiger partial charge in [-0.25, -0.2) is 0 Å². The molecule has 20 heavy (non-hydrogen) atoms. The summed E-state index contributed by atoms with van der Waals surface area (Å²) in [5.74, 6) is 0.980. The summed E-state index contributed by atoms with van der Waals surface area (Å²) in [6.07, 6.45) is -2.28. The van der Waals surface area contributed by atoms with E-state index >= 15 is 0 Å². The Morgan fingerprint density at radius 3 is 2.60 bits per heavy atom. The average Bonchev–Trinajstić information content (AvgIpc) is 3.18. The number of nitro groups is 1. The minimum Gasteiger partial charge on any atom is -0.379 e. The lowest BCUT2D eigenvalue weighted by molar-refractivity contribution is -0.384. The van der Waals surface area contributed by atoms with Crippen LogP contribution in [0.15, 0.2) is 18.2 Å². The van der Waals surface area contributed by atoms with Gasteiger partial charge in [-0.3, -0.25) is 10.1 Å². The molecule has 1 aliphatic rings. The van der Waals surface area contributed by atoms with E-state index in [1.54, 1.807) is 0 Å². The SMILES string of the molecule is CC(CNc1ccc(C(F)(F)F)cc1[N+](=O)[O-])C1CC1. The first kappa shape index (κ1) is 14.6. The Morgan fingerprint density at radius 1 is 1.45 bits per heavy atom. The predicted molar refractivity (Wildman–Crippen MR) is 68.5 cm³/mol. The fourth-order valence-corrected chi connectivity index (χ4v) is 2.11. The highest BCUT2D eigenvalue weighted by molar-refractivity contribution is 5.63. The number of hydrogen-bond acceptors (Lipinski definition) is 3. The van der Waals surface area contributed by atoms with Crippen LogP contribution in [0, 0.1) is 22.0 Å². The second-order valence-electron chi connectivity index (χ2n) is 5.18. The van der Waals surface area contributed by atoms with Crippen LogP contribution < -0.4 is 5.32 Å². The molecule has 0 radical (unpaired) electrons. The predicted octanol–water partition coefficient (Wildman–Crippen LogP) is 4.07. The summed E-state index contributed by atoms with van der Waals surface area (Å²) in [7, 11) is 0. The maximum atomic E-state index is 12.5. The van der Waals surface area contributed by atoms with Crippen molar-refractivity contribution in [3.63, 3.8) is 0 Å². The lowest BCUT2D eigenvalue weighted by atomic mass is 10.1. The molecule has 7 heteroatoms. The van der Waals surface area contributed by atoms with E-state index in [-0.39, 0.29) is 5.69 Å². The Balaban J connectivity index is 2.16. The highest BCUT2D eigenvalue weighted by atomic mass is 19.4. The Kier molecular flexibility index (Phi) is 3.87. The second kappa shape index (κ2) is 5.30. The van der Waals surface area contributed by atoms with Crippen LogP contribution in [0.4, 0.5) is 24.5 Å². The standard InChI is InChI=1S/C13H15F3N2O2/c1-8(9-2-3-9)7-17-11-5-4-10(13(14,15)16)6-12(11)18(19)20/h4-6,8-9,17H,2-3,7H2,1H3. The summed E-state index contributed by atoms with van der Waals surface area (Å²) in [6.45, 7) is 2.55. The quantitative estimate of drug-likeness (QED) is 0.656. The number of nitro benzene ring substituents is 1. The summed E-state index contributed by atoms with van der Waals surface area (Å²) in [5, 5.41) is 13.8. The number of anilines is 1. The van der Waals surface area contributed by atoms with E-state index in [1.165, 1.54) is 0 Å². The monoisotopic (exact) mass is 288 g/mol. The largest absolute Gasteiger partial charge is 0.416 e. The lowest BCUT2D eigenvalue weighted by Gasteiger charge is -2.14. The van der Waals surface area contributed by atoms with Crippen LogP contribution >= 0.6 is 0 Å². The zero-order chi connectivity index (χ0) is 14.9. The van der Waals surface area contributed by atoms with Gasteiger partial charge in [-0.05, 0) is 36.8 Å². The van der Waals surface area contributed by atoms with E-state index in [4.69, 9.17) is 0 Å². The van der Waals surface area contributed by atoms with E-state index in [0.29, 0.717) is 24.4 Å². The van der Waals surface area contributed by atoms with Crippen LogP contribution in [0.1, 0.15) is 25.3 Å². The van der Waals surface area contributed by atoms with Crippen molar-refractivity contribution in [3.05, 3.63) is 33.9 Å². The molecule has 1 atom stereocenters. The molecule has 1 N–H and O–H groups in total. The molecular weight excluding hydrogens is 273 g/mol. The number of nitrogens with zero attached hydrogens (tertiary/aromatic N) is 1. The zero-order valence-electron chi connectivity index (χ0n) is 10.9. The number of rotatable bonds is 5. The van der Waals surface area contributed by atoms with Crippen molar-refractivity contribution in [1.82, 2.24) is 0 Å². The van der Waals surface area contributed by atoms with Gasteiger partial charge < -0.3 is 5.32 Å².